The van der Waals surface area contributed by atoms with Crippen molar-refractivity contribution >= 4 is 5.97 Å². The fourth-order valence-electron chi connectivity index (χ4n) is 1.92. The Morgan fingerprint density at radius 2 is 2.20 bits per heavy atom. The molecule has 2 rings (SSSR count). The monoisotopic (exact) mass is 276 g/mol. The molecule has 0 amide bonds. The van der Waals surface area contributed by atoms with Crippen LogP contribution in [0.1, 0.15) is 28.7 Å². The van der Waals surface area contributed by atoms with Crippen LogP contribution in [0.25, 0.3) is 0 Å². The summed E-state index contributed by atoms with van der Waals surface area (Å²) in [5.41, 5.74) is 6.77. The number of hydrogen-bond acceptors (Lipinski definition) is 5. The van der Waals surface area contributed by atoms with Gasteiger partial charge in [-0.2, -0.15) is 0 Å². The van der Waals surface area contributed by atoms with Gasteiger partial charge in [0.15, 0.2) is 5.69 Å². The third-order valence-electron chi connectivity index (χ3n) is 2.83. The van der Waals surface area contributed by atoms with Crippen molar-refractivity contribution in [3.8, 4) is 5.75 Å². The summed E-state index contributed by atoms with van der Waals surface area (Å²) in [5.74, 6) is -0.389. The van der Waals surface area contributed by atoms with Gasteiger partial charge in [-0.25, -0.2) is 9.48 Å². The number of hydrogen-bond donors (Lipinski definition) is 2. The number of benzene rings is 1. The molecule has 3 N–H and O–H groups in total. The maximum absolute atomic E-state index is 11.0. The molecular weight excluding hydrogens is 260 g/mol. The third kappa shape index (κ3) is 2.77. The predicted octanol–water partition coefficient (Wildman–Crippen LogP) is 0.882. The average molecular weight is 276 g/mol. The van der Waals surface area contributed by atoms with E-state index in [4.69, 9.17) is 15.6 Å². The van der Waals surface area contributed by atoms with Gasteiger partial charge in [-0.15, -0.1) is 5.10 Å². The minimum absolute atomic E-state index is 0.0609. The average Bonchev–Trinajstić information content (AvgIpc) is 2.84. The lowest BCUT2D eigenvalue weighted by atomic mass is 10.2. The molecule has 1 heterocycles. The van der Waals surface area contributed by atoms with Crippen LogP contribution in [0.4, 0.5) is 0 Å². The topological polar surface area (TPSA) is 103 Å². The van der Waals surface area contributed by atoms with Crippen molar-refractivity contribution in [1.29, 1.82) is 0 Å². The van der Waals surface area contributed by atoms with Gasteiger partial charge >= 0.3 is 5.97 Å². The van der Waals surface area contributed by atoms with Crippen molar-refractivity contribution in [1.82, 2.24) is 15.0 Å². The van der Waals surface area contributed by atoms with Crippen LogP contribution in [0.2, 0.25) is 0 Å². The molecule has 0 saturated heterocycles. The van der Waals surface area contributed by atoms with Gasteiger partial charge in [0.1, 0.15) is 5.75 Å². The summed E-state index contributed by atoms with van der Waals surface area (Å²) in [4.78, 5) is 11.0. The minimum atomic E-state index is -1.13. The van der Waals surface area contributed by atoms with Crippen LogP contribution >= 0.6 is 0 Å². The summed E-state index contributed by atoms with van der Waals surface area (Å²) in [6.45, 7) is 2.88. The minimum Gasteiger partial charge on any atom is -0.494 e. The number of para-hydroxylation sites is 1. The molecule has 0 aliphatic carbocycles. The van der Waals surface area contributed by atoms with Gasteiger partial charge in [-0.05, 0) is 13.0 Å². The number of aromatic nitrogens is 3. The molecule has 0 fully saturated rings. The molecule has 1 aromatic heterocycles. The molecule has 2 aromatic rings. The zero-order chi connectivity index (χ0) is 14.5. The quantitative estimate of drug-likeness (QED) is 0.811. The second-order valence-electron chi connectivity index (χ2n) is 4.09. The first-order valence-corrected chi connectivity index (χ1v) is 6.23. The molecule has 1 aromatic carbocycles. The van der Waals surface area contributed by atoms with Gasteiger partial charge in [0.25, 0.3) is 0 Å². The van der Waals surface area contributed by atoms with Gasteiger partial charge in [-0.1, -0.05) is 23.4 Å². The van der Waals surface area contributed by atoms with Crippen molar-refractivity contribution in [3.63, 3.8) is 0 Å². The van der Waals surface area contributed by atoms with E-state index in [2.05, 4.69) is 10.3 Å². The summed E-state index contributed by atoms with van der Waals surface area (Å²) >= 11 is 0. The fraction of sp³-hybridized carbons (Fsp3) is 0.308. The van der Waals surface area contributed by atoms with E-state index in [0.29, 0.717) is 18.8 Å². The first-order valence-electron chi connectivity index (χ1n) is 6.23. The van der Waals surface area contributed by atoms with Crippen LogP contribution in [-0.4, -0.2) is 32.7 Å². The normalized spacial score (nSPS) is 10.5. The summed E-state index contributed by atoms with van der Waals surface area (Å²) in [6, 6.07) is 7.51. The third-order valence-corrected chi connectivity index (χ3v) is 2.83. The zero-order valence-corrected chi connectivity index (χ0v) is 11.1. The second kappa shape index (κ2) is 6.16. The Kier molecular flexibility index (Phi) is 4.31. The molecule has 0 aliphatic heterocycles. The highest BCUT2D eigenvalue weighted by molar-refractivity contribution is 5.86. The first kappa shape index (κ1) is 14.0. The number of nitrogens with two attached hydrogens (primary N) is 1. The Hall–Kier alpha value is -2.41. The first-order chi connectivity index (χ1) is 9.67. The van der Waals surface area contributed by atoms with Gasteiger partial charge in [0.05, 0.1) is 18.8 Å². The van der Waals surface area contributed by atoms with E-state index in [1.54, 1.807) is 0 Å². The van der Waals surface area contributed by atoms with Crippen LogP contribution in [0.5, 0.6) is 5.75 Å². The van der Waals surface area contributed by atoms with Crippen molar-refractivity contribution in [2.75, 3.05) is 6.61 Å². The number of ether oxygens (including phenoxy) is 1. The highest BCUT2D eigenvalue weighted by atomic mass is 16.5. The van der Waals surface area contributed by atoms with Gasteiger partial charge in [0, 0.05) is 12.1 Å². The van der Waals surface area contributed by atoms with E-state index in [0.717, 1.165) is 11.3 Å². The molecule has 0 unspecified atom stereocenters. The van der Waals surface area contributed by atoms with E-state index in [9.17, 15) is 4.79 Å². The Bertz CT molecular complexity index is 609. The molecule has 7 nitrogen and oxygen atoms in total. The highest BCUT2D eigenvalue weighted by Crippen LogP contribution is 2.19. The van der Waals surface area contributed by atoms with Gasteiger partial charge in [0.2, 0.25) is 0 Å². The molecular formula is C13H16N4O3. The van der Waals surface area contributed by atoms with Crippen molar-refractivity contribution in [2.24, 2.45) is 5.73 Å². The van der Waals surface area contributed by atoms with Crippen molar-refractivity contribution < 1.29 is 14.6 Å². The highest BCUT2D eigenvalue weighted by Gasteiger charge is 2.18. The number of rotatable bonds is 6. The maximum Gasteiger partial charge on any atom is 0.358 e. The van der Waals surface area contributed by atoms with Crippen LogP contribution in [0.15, 0.2) is 24.3 Å². The van der Waals surface area contributed by atoms with E-state index in [-0.39, 0.29) is 12.2 Å². The Balaban J connectivity index is 2.33. The van der Waals surface area contributed by atoms with Gasteiger partial charge in [-0.3, -0.25) is 0 Å². The number of carboxylic acids is 1. The molecule has 0 radical (unpaired) electrons. The van der Waals surface area contributed by atoms with Crippen LogP contribution < -0.4 is 10.5 Å². The molecule has 7 heteroatoms. The summed E-state index contributed by atoms with van der Waals surface area (Å²) in [5, 5.41) is 16.5. The number of carbonyl (C=O) groups is 1. The lowest BCUT2D eigenvalue weighted by Gasteiger charge is -2.11. The van der Waals surface area contributed by atoms with Crippen LogP contribution in [-0.2, 0) is 13.1 Å². The Morgan fingerprint density at radius 1 is 1.45 bits per heavy atom. The predicted molar refractivity (Wildman–Crippen MR) is 71.6 cm³/mol. The molecule has 0 spiro atoms. The zero-order valence-electron chi connectivity index (χ0n) is 11.1. The van der Waals surface area contributed by atoms with Crippen molar-refractivity contribution in [3.05, 3.63) is 41.2 Å². The standard InChI is InChI=1S/C13H16N4O3/c1-2-20-11-6-4-3-5-9(11)8-17-10(7-14)12(13(18)19)15-16-17/h3-6H,2,7-8,14H2,1H3,(H,18,19). The van der Waals surface area contributed by atoms with Gasteiger partial charge < -0.3 is 15.6 Å². The fourth-order valence-corrected chi connectivity index (χ4v) is 1.92. The second-order valence-corrected chi connectivity index (χ2v) is 4.09. The van der Waals surface area contributed by atoms with E-state index >= 15 is 0 Å². The molecule has 106 valence electrons. The molecule has 20 heavy (non-hydrogen) atoms. The van der Waals surface area contributed by atoms with Crippen LogP contribution in [0.3, 0.4) is 0 Å². The maximum atomic E-state index is 11.0. The van der Waals surface area contributed by atoms with E-state index < -0.39 is 5.97 Å². The summed E-state index contributed by atoms with van der Waals surface area (Å²) < 4.78 is 7.02. The number of nitrogens with zero attached hydrogens (tertiary/aromatic N) is 3. The lowest BCUT2D eigenvalue weighted by molar-refractivity contribution is 0.0689. The summed E-state index contributed by atoms with van der Waals surface area (Å²) in [6.07, 6.45) is 0. The number of carboxylic acid groups (broad SMARTS) is 1. The molecule has 0 saturated carbocycles. The SMILES string of the molecule is CCOc1ccccc1Cn1nnc(C(=O)O)c1CN. The number of aromatic carboxylic acids is 1. The Labute approximate surface area is 116 Å². The van der Waals surface area contributed by atoms with E-state index in [1.807, 2.05) is 31.2 Å². The smallest absolute Gasteiger partial charge is 0.358 e. The van der Waals surface area contributed by atoms with Crippen molar-refractivity contribution in [2.45, 2.75) is 20.0 Å². The molecule has 0 bridgehead atoms. The van der Waals surface area contributed by atoms with Crippen LogP contribution in [0, 0.1) is 0 Å². The molecule has 0 aliphatic rings. The summed E-state index contributed by atoms with van der Waals surface area (Å²) in [7, 11) is 0. The largest absolute Gasteiger partial charge is 0.494 e. The Morgan fingerprint density at radius 3 is 2.85 bits per heavy atom. The molecule has 0 atom stereocenters. The van der Waals surface area contributed by atoms with E-state index in [1.165, 1.54) is 4.68 Å². The lowest BCUT2D eigenvalue weighted by Crippen LogP contribution is -2.13.